The molecule has 12 heavy (non-hydrogen) atoms. The summed E-state index contributed by atoms with van der Waals surface area (Å²) in [5.74, 6) is -0.260. The van der Waals surface area contributed by atoms with E-state index in [0.29, 0.717) is 19.6 Å². The molecule has 1 heterocycles. The average molecular weight is 192 g/mol. The minimum atomic E-state index is -2.02. The van der Waals surface area contributed by atoms with Crippen LogP contribution in [0.2, 0.25) is 0 Å². The van der Waals surface area contributed by atoms with E-state index >= 15 is 0 Å². The van der Waals surface area contributed by atoms with Crippen molar-refractivity contribution in [1.29, 1.82) is 0 Å². The number of ether oxygens (including phenoxy) is 1. The van der Waals surface area contributed by atoms with Crippen molar-refractivity contribution in [3.63, 3.8) is 0 Å². The highest BCUT2D eigenvalue weighted by Crippen LogP contribution is 2.35. The summed E-state index contributed by atoms with van der Waals surface area (Å²) in [5, 5.41) is 0. The zero-order valence-electron chi connectivity index (χ0n) is 7.04. The van der Waals surface area contributed by atoms with Crippen LogP contribution in [0.25, 0.3) is 0 Å². The SMILES string of the molecule is CCO[PH](=O)C1CCOC(=O)C1. The molecule has 1 fully saturated rings. The summed E-state index contributed by atoms with van der Waals surface area (Å²) in [6, 6.07) is 0. The van der Waals surface area contributed by atoms with E-state index in [1.807, 2.05) is 0 Å². The van der Waals surface area contributed by atoms with Crippen LogP contribution in [0.3, 0.4) is 0 Å². The fourth-order valence-electron chi connectivity index (χ4n) is 1.14. The molecule has 0 bridgehead atoms. The fraction of sp³-hybridized carbons (Fsp3) is 0.857. The first-order chi connectivity index (χ1) is 5.74. The zero-order valence-corrected chi connectivity index (χ0v) is 8.04. The van der Waals surface area contributed by atoms with Gasteiger partial charge in [0.25, 0.3) is 0 Å². The van der Waals surface area contributed by atoms with E-state index in [-0.39, 0.29) is 18.0 Å². The lowest BCUT2D eigenvalue weighted by molar-refractivity contribution is -0.146. The molecule has 1 aliphatic rings. The van der Waals surface area contributed by atoms with Crippen LogP contribution in [0.5, 0.6) is 0 Å². The molecule has 0 aromatic carbocycles. The van der Waals surface area contributed by atoms with Gasteiger partial charge in [-0.25, -0.2) is 0 Å². The monoisotopic (exact) mass is 192 g/mol. The standard InChI is InChI=1S/C7H13O4P/c1-2-11-12(9)6-3-4-10-7(8)5-6/h6,12H,2-5H2,1H3. The largest absolute Gasteiger partial charge is 0.466 e. The van der Waals surface area contributed by atoms with E-state index in [1.165, 1.54) is 0 Å². The quantitative estimate of drug-likeness (QED) is 0.498. The summed E-state index contributed by atoms with van der Waals surface area (Å²) < 4.78 is 21.0. The maximum Gasteiger partial charge on any atom is 0.306 e. The molecule has 0 aromatic heterocycles. The van der Waals surface area contributed by atoms with Crippen LogP contribution in [0.15, 0.2) is 0 Å². The molecule has 4 nitrogen and oxygen atoms in total. The van der Waals surface area contributed by atoms with Gasteiger partial charge in [0.2, 0.25) is 0 Å². The third kappa shape index (κ3) is 2.61. The summed E-state index contributed by atoms with van der Waals surface area (Å²) >= 11 is 0. The Bertz CT molecular complexity index is 192. The van der Waals surface area contributed by atoms with E-state index in [9.17, 15) is 9.36 Å². The number of hydrogen-bond donors (Lipinski definition) is 0. The Balaban J connectivity index is 2.40. The minimum absolute atomic E-state index is 0.101. The van der Waals surface area contributed by atoms with Crippen molar-refractivity contribution >= 4 is 14.0 Å². The smallest absolute Gasteiger partial charge is 0.306 e. The first-order valence-electron chi connectivity index (χ1n) is 4.06. The van der Waals surface area contributed by atoms with Gasteiger partial charge in [0, 0.05) is 5.66 Å². The molecule has 0 radical (unpaired) electrons. The lowest BCUT2D eigenvalue weighted by Crippen LogP contribution is -2.22. The van der Waals surface area contributed by atoms with Gasteiger partial charge in [-0.1, -0.05) is 0 Å². The second-order valence-electron chi connectivity index (χ2n) is 2.66. The van der Waals surface area contributed by atoms with E-state index < -0.39 is 8.03 Å². The third-order valence-corrected chi connectivity index (χ3v) is 3.50. The van der Waals surface area contributed by atoms with Crippen LogP contribution >= 0.6 is 8.03 Å². The lowest BCUT2D eigenvalue weighted by Gasteiger charge is -2.20. The highest BCUT2D eigenvalue weighted by molar-refractivity contribution is 7.40. The van der Waals surface area contributed by atoms with Gasteiger partial charge in [0.05, 0.1) is 19.6 Å². The van der Waals surface area contributed by atoms with Gasteiger partial charge >= 0.3 is 5.97 Å². The Kier molecular flexibility index (Phi) is 3.76. The third-order valence-electron chi connectivity index (χ3n) is 1.76. The van der Waals surface area contributed by atoms with Crippen molar-refractivity contribution < 1.29 is 18.6 Å². The highest BCUT2D eigenvalue weighted by Gasteiger charge is 2.25. The van der Waals surface area contributed by atoms with Gasteiger partial charge in [-0.2, -0.15) is 0 Å². The summed E-state index contributed by atoms with van der Waals surface area (Å²) in [4.78, 5) is 10.8. The van der Waals surface area contributed by atoms with Crippen molar-refractivity contribution in [2.24, 2.45) is 0 Å². The topological polar surface area (TPSA) is 52.6 Å². The molecule has 0 aliphatic carbocycles. The normalized spacial score (nSPS) is 26.4. The van der Waals surface area contributed by atoms with Gasteiger partial charge in [-0.05, 0) is 13.3 Å². The zero-order chi connectivity index (χ0) is 8.97. The molecule has 1 rings (SSSR count). The van der Waals surface area contributed by atoms with Crippen LogP contribution in [0, 0.1) is 0 Å². The number of hydrogen-bond acceptors (Lipinski definition) is 4. The predicted octanol–water partition coefficient (Wildman–Crippen LogP) is 1.20. The molecular weight excluding hydrogens is 179 g/mol. The second-order valence-corrected chi connectivity index (χ2v) is 4.41. The summed E-state index contributed by atoms with van der Waals surface area (Å²) in [7, 11) is -2.02. The van der Waals surface area contributed by atoms with Gasteiger partial charge in [0.15, 0.2) is 8.03 Å². The number of cyclic esters (lactones) is 1. The summed E-state index contributed by atoms with van der Waals surface area (Å²) in [5.41, 5.74) is -0.101. The Morgan fingerprint density at radius 3 is 3.08 bits per heavy atom. The van der Waals surface area contributed by atoms with E-state index in [1.54, 1.807) is 6.92 Å². The van der Waals surface area contributed by atoms with Crippen molar-refractivity contribution in [3.05, 3.63) is 0 Å². The molecule has 2 unspecified atom stereocenters. The molecule has 70 valence electrons. The van der Waals surface area contributed by atoms with E-state index in [2.05, 4.69) is 0 Å². The van der Waals surface area contributed by atoms with E-state index in [0.717, 1.165) is 0 Å². The maximum atomic E-state index is 11.3. The van der Waals surface area contributed by atoms with Crippen LogP contribution in [-0.2, 0) is 18.6 Å². The van der Waals surface area contributed by atoms with Crippen molar-refractivity contribution in [1.82, 2.24) is 0 Å². The van der Waals surface area contributed by atoms with Gasteiger partial charge in [-0.3, -0.25) is 9.36 Å². The molecule has 2 atom stereocenters. The minimum Gasteiger partial charge on any atom is -0.466 e. The molecule has 0 spiro atoms. The summed E-state index contributed by atoms with van der Waals surface area (Å²) in [6.07, 6.45) is 0.918. The molecule has 1 saturated heterocycles. The highest BCUT2D eigenvalue weighted by atomic mass is 31.1. The molecule has 5 heteroatoms. The number of esters is 1. The van der Waals surface area contributed by atoms with Crippen LogP contribution < -0.4 is 0 Å². The van der Waals surface area contributed by atoms with E-state index in [4.69, 9.17) is 9.26 Å². The van der Waals surface area contributed by atoms with Crippen molar-refractivity contribution in [3.8, 4) is 0 Å². The summed E-state index contributed by atoms with van der Waals surface area (Å²) in [6.45, 7) is 2.63. The number of carbonyl (C=O) groups excluding carboxylic acids is 1. The number of carbonyl (C=O) groups is 1. The molecule has 0 amide bonds. The van der Waals surface area contributed by atoms with Gasteiger partial charge in [0.1, 0.15) is 0 Å². The van der Waals surface area contributed by atoms with Crippen molar-refractivity contribution in [2.45, 2.75) is 25.4 Å². The molecule has 0 N–H and O–H groups in total. The predicted molar refractivity (Wildman–Crippen MR) is 44.6 cm³/mol. The van der Waals surface area contributed by atoms with Crippen LogP contribution in [0.4, 0.5) is 0 Å². The van der Waals surface area contributed by atoms with Crippen LogP contribution in [-0.4, -0.2) is 24.8 Å². The Hall–Kier alpha value is -0.340. The fourth-order valence-corrected chi connectivity index (χ4v) is 2.35. The molecular formula is C7H13O4P. The molecule has 0 aromatic rings. The Morgan fingerprint density at radius 1 is 1.75 bits per heavy atom. The first kappa shape index (κ1) is 9.75. The van der Waals surface area contributed by atoms with Crippen LogP contribution in [0.1, 0.15) is 19.8 Å². The van der Waals surface area contributed by atoms with Gasteiger partial charge in [-0.15, -0.1) is 0 Å². The first-order valence-corrected chi connectivity index (χ1v) is 5.45. The van der Waals surface area contributed by atoms with Crippen molar-refractivity contribution in [2.75, 3.05) is 13.2 Å². The Morgan fingerprint density at radius 2 is 2.50 bits per heavy atom. The molecule has 0 saturated carbocycles. The maximum absolute atomic E-state index is 11.3. The number of rotatable bonds is 3. The average Bonchev–Trinajstić information content (AvgIpc) is 2.05. The Labute approximate surface area is 72.1 Å². The molecule has 1 aliphatic heterocycles. The second kappa shape index (κ2) is 4.63. The lowest BCUT2D eigenvalue weighted by atomic mass is 10.2. The van der Waals surface area contributed by atoms with Gasteiger partial charge < -0.3 is 9.26 Å².